The van der Waals surface area contributed by atoms with E-state index < -0.39 is 11.7 Å². The van der Waals surface area contributed by atoms with Crippen molar-refractivity contribution in [3.63, 3.8) is 0 Å². The van der Waals surface area contributed by atoms with Gasteiger partial charge >= 0.3 is 6.18 Å². The summed E-state index contributed by atoms with van der Waals surface area (Å²) in [5.74, 6) is 0. The van der Waals surface area contributed by atoms with Gasteiger partial charge < -0.3 is 5.32 Å². The summed E-state index contributed by atoms with van der Waals surface area (Å²) < 4.78 is 38.6. The molecule has 116 valence electrons. The van der Waals surface area contributed by atoms with Gasteiger partial charge in [0.2, 0.25) is 0 Å². The lowest BCUT2D eigenvalue weighted by atomic mass is 9.57. The van der Waals surface area contributed by atoms with Gasteiger partial charge in [0.05, 0.1) is 5.56 Å². The Morgan fingerprint density at radius 2 is 1.81 bits per heavy atom. The first kappa shape index (κ1) is 14.7. The van der Waals surface area contributed by atoms with Crippen molar-refractivity contribution in [2.24, 2.45) is 5.41 Å². The molecule has 0 aliphatic heterocycles. The quantitative estimate of drug-likeness (QED) is 0.756. The van der Waals surface area contributed by atoms with Crippen molar-refractivity contribution in [3.8, 4) is 0 Å². The van der Waals surface area contributed by atoms with Crippen molar-refractivity contribution in [3.05, 3.63) is 29.3 Å². The summed E-state index contributed by atoms with van der Waals surface area (Å²) in [5.41, 5.74) is 1.33. The maximum Gasteiger partial charge on any atom is 0.416 e. The SMILES string of the molecule is Cc1ccc(C(F)(F)F)cc1NC1CCC12CCCCC2. The van der Waals surface area contributed by atoms with Crippen LogP contribution in [-0.2, 0) is 6.18 Å². The van der Waals surface area contributed by atoms with E-state index in [0.29, 0.717) is 17.1 Å². The maximum atomic E-state index is 12.9. The molecule has 0 radical (unpaired) electrons. The molecule has 1 unspecified atom stereocenters. The number of hydrogen-bond donors (Lipinski definition) is 1. The monoisotopic (exact) mass is 297 g/mol. The average molecular weight is 297 g/mol. The highest BCUT2D eigenvalue weighted by atomic mass is 19.4. The van der Waals surface area contributed by atoms with E-state index in [-0.39, 0.29) is 0 Å². The zero-order valence-corrected chi connectivity index (χ0v) is 12.4. The first-order valence-electron chi connectivity index (χ1n) is 7.85. The maximum absolute atomic E-state index is 12.9. The summed E-state index contributed by atoms with van der Waals surface area (Å²) in [6, 6.07) is 4.35. The van der Waals surface area contributed by atoms with Crippen LogP contribution in [0.5, 0.6) is 0 Å². The molecule has 0 amide bonds. The summed E-state index contributed by atoms with van der Waals surface area (Å²) in [6.45, 7) is 1.87. The third-order valence-corrected chi connectivity index (χ3v) is 5.41. The number of anilines is 1. The van der Waals surface area contributed by atoms with Crippen LogP contribution >= 0.6 is 0 Å². The summed E-state index contributed by atoms with van der Waals surface area (Å²) in [7, 11) is 0. The number of alkyl halides is 3. The number of rotatable bonds is 2. The Labute approximate surface area is 123 Å². The molecule has 4 heteroatoms. The van der Waals surface area contributed by atoms with Crippen molar-refractivity contribution in [1.82, 2.24) is 0 Å². The molecule has 0 heterocycles. The molecule has 2 fully saturated rings. The largest absolute Gasteiger partial charge is 0.416 e. The van der Waals surface area contributed by atoms with Crippen LogP contribution in [0.2, 0.25) is 0 Å². The lowest BCUT2D eigenvalue weighted by Gasteiger charge is -2.53. The molecule has 1 N–H and O–H groups in total. The molecule has 1 nitrogen and oxygen atoms in total. The molecule has 2 aliphatic carbocycles. The minimum absolute atomic E-state index is 0.346. The van der Waals surface area contributed by atoms with Crippen LogP contribution in [-0.4, -0.2) is 6.04 Å². The van der Waals surface area contributed by atoms with E-state index in [0.717, 1.165) is 18.1 Å². The minimum atomic E-state index is -4.27. The number of benzene rings is 1. The molecule has 1 spiro atoms. The Kier molecular flexibility index (Phi) is 3.66. The van der Waals surface area contributed by atoms with Gasteiger partial charge in [-0.05, 0) is 55.7 Å². The van der Waals surface area contributed by atoms with E-state index in [9.17, 15) is 13.2 Å². The second-order valence-electron chi connectivity index (χ2n) is 6.69. The van der Waals surface area contributed by atoms with Gasteiger partial charge in [0, 0.05) is 11.7 Å². The van der Waals surface area contributed by atoms with Gasteiger partial charge in [0.15, 0.2) is 0 Å². The van der Waals surface area contributed by atoms with E-state index in [1.807, 2.05) is 6.92 Å². The van der Waals surface area contributed by atoms with E-state index in [4.69, 9.17) is 0 Å². The molecular weight excluding hydrogens is 275 g/mol. The zero-order valence-electron chi connectivity index (χ0n) is 12.4. The van der Waals surface area contributed by atoms with E-state index >= 15 is 0 Å². The minimum Gasteiger partial charge on any atom is -0.382 e. The van der Waals surface area contributed by atoms with Crippen LogP contribution in [0.15, 0.2) is 18.2 Å². The Balaban J connectivity index is 1.78. The first-order valence-corrected chi connectivity index (χ1v) is 7.85. The summed E-state index contributed by atoms with van der Waals surface area (Å²) >= 11 is 0. The standard InChI is InChI=1S/C17H22F3N/c1-12-5-6-13(17(18,19)20)11-14(12)21-15-7-10-16(15)8-3-2-4-9-16/h5-6,11,15,21H,2-4,7-10H2,1H3. The van der Waals surface area contributed by atoms with E-state index in [2.05, 4.69) is 5.32 Å². The average Bonchev–Trinajstić information content (AvgIpc) is 2.45. The highest BCUT2D eigenvalue weighted by molar-refractivity contribution is 5.54. The third-order valence-electron chi connectivity index (χ3n) is 5.41. The van der Waals surface area contributed by atoms with Crippen molar-refractivity contribution in [1.29, 1.82) is 0 Å². The predicted octanol–water partition coefficient (Wildman–Crippen LogP) is 5.54. The molecule has 1 atom stereocenters. The molecule has 2 saturated carbocycles. The van der Waals surface area contributed by atoms with Gasteiger partial charge in [-0.15, -0.1) is 0 Å². The number of hydrogen-bond acceptors (Lipinski definition) is 1. The zero-order chi connectivity index (χ0) is 15.1. The van der Waals surface area contributed by atoms with Crippen LogP contribution in [0.4, 0.5) is 18.9 Å². The molecule has 0 saturated heterocycles. The molecule has 1 aromatic rings. The Morgan fingerprint density at radius 3 is 2.38 bits per heavy atom. The van der Waals surface area contributed by atoms with Crippen LogP contribution in [0, 0.1) is 12.3 Å². The second kappa shape index (κ2) is 5.22. The Bertz CT molecular complexity index is 515. The fourth-order valence-electron chi connectivity index (χ4n) is 3.92. The molecule has 0 aromatic heterocycles. The van der Waals surface area contributed by atoms with E-state index in [1.165, 1.54) is 44.6 Å². The summed E-state index contributed by atoms with van der Waals surface area (Å²) in [6.07, 6.45) is 4.31. The van der Waals surface area contributed by atoms with Crippen molar-refractivity contribution >= 4 is 5.69 Å². The van der Waals surface area contributed by atoms with Gasteiger partial charge in [0.1, 0.15) is 0 Å². The van der Waals surface area contributed by atoms with Gasteiger partial charge in [-0.2, -0.15) is 13.2 Å². The lowest BCUT2D eigenvalue weighted by Crippen LogP contribution is -2.50. The summed E-state index contributed by atoms with van der Waals surface area (Å²) in [4.78, 5) is 0. The number of halogens is 3. The second-order valence-corrected chi connectivity index (χ2v) is 6.69. The molecule has 2 aliphatic rings. The number of nitrogens with one attached hydrogen (secondary N) is 1. The van der Waals surface area contributed by atoms with Crippen molar-refractivity contribution in [2.45, 2.75) is 64.1 Å². The predicted molar refractivity (Wildman–Crippen MR) is 78.3 cm³/mol. The van der Waals surface area contributed by atoms with Gasteiger partial charge in [-0.25, -0.2) is 0 Å². The highest BCUT2D eigenvalue weighted by Gasteiger charge is 2.47. The van der Waals surface area contributed by atoms with Gasteiger partial charge in [-0.3, -0.25) is 0 Å². The van der Waals surface area contributed by atoms with Gasteiger partial charge in [0.25, 0.3) is 0 Å². The van der Waals surface area contributed by atoms with Crippen LogP contribution in [0.3, 0.4) is 0 Å². The number of aryl methyl sites for hydroxylation is 1. The van der Waals surface area contributed by atoms with Crippen molar-refractivity contribution < 1.29 is 13.2 Å². The smallest absolute Gasteiger partial charge is 0.382 e. The molecule has 0 bridgehead atoms. The molecule has 1 aromatic carbocycles. The fourth-order valence-corrected chi connectivity index (χ4v) is 3.92. The molecule has 3 rings (SSSR count). The Morgan fingerprint density at radius 1 is 1.10 bits per heavy atom. The normalized spacial score (nSPS) is 24.7. The van der Waals surface area contributed by atoms with Crippen molar-refractivity contribution in [2.75, 3.05) is 5.32 Å². The third kappa shape index (κ3) is 2.77. The highest BCUT2D eigenvalue weighted by Crippen LogP contribution is 2.53. The lowest BCUT2D eigenvalue weighted by molar-refractivity contribution is -0.137. The molecular formula is C17H22F3N. The topological polar surface area (TPSA) is 12.0 Å². The van der Waals surface area contributed by atoms with Gasteiger partial charge in [-0.1, -0.05) is 25.3 Å². The van der Waals surface area contributed by atoms with Crippen LogP contribution in [0.1, 0.15) is 56.1 Å². The molecule has 21 heavy (non-hydrogen) atoms. The van der Waals surface area contributed by atoms with Crippen LogP contribution < -0.4 is 5.32 Å². The Hall–Kier alpha value is -1.19. The van der Waals surface area contributed by atoms with E-state index in [1.54, 1.807) is 6.07 Å². The fraction of sp³-hybridized carbons (Fsp3) is 0.647. The van der Waals surface area contributed by atoms with Crippen LogP contribution in [0.25, 0.3) is 0 Å². The first-order chi connectivity index (χ1) is 9.91. The summed E-state index contributed by atoms with van der Waals surface area (Å²) in [5, 5.41) is 3.42.